The highest BCUT2D eigenvalue weighted by Gasteiger charge is 2.31. The van der Waals surface area contributed by atoms with Crippen LogP contribution in [0.15, 0.2) is 73.0 Å². The van der Waals surface area contributed by atoms with Crippen molar-refractivity contribution in [3.05, 3.63) is 101 Å². The number of ether oxygens (including phenoxy) is 1. The number of allylic oxidation sites excluding steroid dienone is 2. The zero-order valence-electron chi connectivity index (χ0n) is 40.7. The number of benzene rings is 1. The molecule has 0 spiro atoms. The highest BCUT2D eigenvalue weighted by atomic mass is 19.1. The molecule has 1 aliphatic carbocycles. The van der Waals surface area contributed by atoms with Gasteiger partial charge < -0.3 is 29.7 Å². The normalized spacial score (nSPS) is 21.8. The molecule has 0 bridgehead atoms. The lowest BCUT2D eigenvalue weighted by Gasteiger charge is -2.39. The van der Waals surface area contributed by atoms with Crippen molar-refractivity contribution in [2.24, 2.45) is 13.0 Å². The minimum absolute atomic E-state index is 0.109. The van der Waals surface area contributed by atoms with Gasteiger partial charge in [-0.3, -0.25) is 29.5 Å². The summed E-state index contributed by atoms with van der Waals surface area (Å²) in [7, 11) is 2.11. The van der Waals surface area contributed by atoms with Gasteiger partial charge in [-0.15, -0.1) is 0 Å². The van der Waals surface area contributed by atoms with E-state index in [0.29, 0.717) is 30.5 Å². The Kier molecular flexibility index (Phi) is 14.2. The number of piperazine rings is 1. The third-order valence-electron chi connectivity index (χ3n) is 14.7. The lowest BCUT2D eigenvalue weighted by atomic mass is 9.88. The number of halogens is 1. The van der Waals surface area contributed by atoms with Crippen LogP contribution in [-0.2, 0) is 21.4 Å². The van der Waals surface area contributed by atoms with Crippen molar-refractivity contribution in [3.8, 4) is 0 Å². The topological polar surface area (TPSA) is 157 Å². The molecule has 0 radical (unpaired) electrons. The number of hydrogen-bond donors (Lipinski definition) is 3. The van der Waals surface area contributed by atoms with Crippen LogP contribution >= 0.6 is 0 Å². The van der Waals surface area contributed by atoms with Crippen molar-refractivity contribution in [1.29, 1.82) is 0 Å². The number of carbonyl (C=O) groups excluding carboxylic acids is 4. The molecule has 15 nitrogen and oxygen atoms in total. The van der Waals surface area contributed by atoms with E-state index in [2.05, 4.69) is 90.6 Å². The number of pyridine rings is 2. The van der Waals surface area contributed by atoms with Gasteiger partial charge in [0.25, 0.3) is 5.91 Å². The Balaban J connectivity index is 0.709. The summed E-state index contributed by atoms with van der Waals surface area (Å²) < 4.78 is 22.7. The Labute approximate surface area is 404 Å². The predicted molar refractivity (Wildman–Crippen MR) is 265 cm³/mol. The zero-order valence-corrected chi connectivity index (χ0v) is 40.7. The van der Waals surface area contributed by atoms with Crippen LogP contribution in [0.4, 0.5) is 20.7 Å². The first-order valence-electron chi connectivity index (χ1n) is 24.9. The molecule has 0 saturated carbocycles. The van der Waals surface area contributed by atoms with Crippen molar-refractivity contribution in [1.82, 2.24) is 39.9 Å². The van der Waals surface area contributed by atoms with Crippen LogP contribution in [0, 0.1) is 11.9 Å². The molecule has 4 fully saturated rings. The highest BCUT2D eigenvalue weighted by Crippen LogP contribution is 2.36. The second-order valence-electron chi connectivity index (χ2n) is 20.5. The predicted octanol–water partition coefficient (Wildman–Crippen LogP) is 7.18. The quantitative estimate of drug-likeness (QED) is 0.103. The van der Waals surface area contributed by atoms with Crippen LogP contribution in [0.5, 0.6) is 0 Å². The Morgan fingerprint density at radius 3 is 2.33 bits per heavy atom. The smallest absolute Gasteiger partial charge is 0.408 e. The molecule has 3 N–H and O–H groups in total. The van der Waals surface area contributed by atoms with E-state index in [1.165, 1.54) is 11.3 Å². The Morgan fingerprint density at radius 1 is 0.928 bits per heavy atom. The fourth-order valence-corrected chi connectivity index (χ4v) is 10.7. The molecule has 3 aromatic heterocycles. The molecule has 4 saturated heterocycles. The summed E-state index contributed by atoms with van der Waals surface area (Å²) in [5.41, 5.74) is 6.11. The number of hydrogen-bond acceptors (Lipinski definition) is 11. The molecule has 1 aromatic carbocycles. The van der Waals surface area contributed by atoms with Gasteiger partial charge in [0.05, 0.1) is 11.7 Å². The van der Waals surface area contributed by atoms with Crippen LogP contribution in [0.25, 0.3) is 16.6 Å². The van der Waals surface area contributed by atoms with Crippen LogP contribution in [0.2, 0.25) is 0 Å². The maximum atomic E-state index is 15.0. The number of piperidine rings is 3. The van der Waals surface area contributed by atoms with Crippen molar-refractivity contribution in [2.75, 3.05) is 69.1 Å². The molecule has 2 unspecified atom stereocenters. The standard InChI is InChI=1S/C53H67FN10O5/c1-34(45-32-42-41(18-23-55-49(42)60(45)5)38-10-12-40(13-11-38)56-52(68)69-53(2,3)4)62-26-21-37(22-27-62)36-6-8-39(9-7-36)51(67)64-24-19-35(20-25-64)33-61-28-30-63(31-29-61)46-16-14-43(48(54)58-46)57-44-15-17-47(65)59-50(44)66/h6-12,14,16,18,23,32,34-35,37,40,44,57H,13,15,17,19-22,24-31,33H2,1-5H3,(H,56,68)(H,59,65,66)/t34-,40?,44?/m0/s1. The summed E-state index contributed by atoms with van der Waals surface area (Å²) in [6, 6.07) is 15.6. The van der Waals surface area contributed by atoms with Crippen LogP contribution in [0.3, 0.4) is 0 Å². The SMILES string of the molecule is C[C@@H](c1cc2c(C3=CCC(NC(=O)OC(C)(C)C)C=C3)ccnc2n1C)N1CCC(c2ccc(C(=O)N3CCC(CN4CCN(c5ccc(NC6CCC(=O)NC6=O)c(F)n5)CC4)CC3)cc2)CC1. The van der Waals surface area contributed by atoms with E-state index in [1.54, 1.807) is 12.1 Å². The van der Waals surface area contributed by atoms with Gasteiger partial charge in [0, 0.05) is 88.2 Å². The second-order valence-corrected chi connectivity index (χ2v) is 20.5. The number of imide groups is 1. The number of rotatable bonds is 11. The zero-order chi connectivity index (χ0) is 48.4. The average molecular weight is 943 g/mol. The molecule has 4 amide bonds. The molecule has 69 heavy (non-hydrogen) atoms. The second kappa shape index (κ2) is 20.5. The van der Waals surface area contributed by atoms with Gasteiger partial charge in [0.1, 0.15) is 23.1 Å². The summed E-state index contributed by atoms with van der Waals surface area (Å²) in [5.74, 6) is 0.220. The maximum absolute atomic E-state index is 15.0. The number of nitrogens with zero attached hydrogens (tertiary/aromatic N) is 7. The molecule has 366 valence electrons. The summed E-state index contributed by atoms with van der Waals surface area (Å²) in [6.07, 6.45) is 13.0. The van der Waals surface area contributed by atoms with E-state index in [1.807, 2.05) is 50.1 Å². The van der Waals surface area contributed by atoms with Gasteiger partial charge in [-0.1, -0.05) is 30.4 Å². The Hall–Kier alpha value is -6.13. The first-order valence-corrected chi connectivity index (χ1v) is 24.9. The molecule has 7 heterocycles. The largest absolute Gasteiger partial charge is 0.444 e. The number of aromatic nitrogens is 3. The minimum Gasteiger partial charge on any atom is -0.444 e. The number of anilines is 2. The number of likely N-dealkylation sites (tertiary alicyclic amines) is 2. The molecular weight excluding hydrogens is 876 g/mol. The average Bonchev–Trinajstić information content (AvgIpc) is 3.68. The lowest BCUT2D eigenvalue weighted by Crippen LogP contribution is -2.49. The van der Waals surface area contributed by atoms with Gasteiger partial charge >= 0.3 is 6.09 Å². The molecule has 9 rings (SSSR count). The summed E-state index contributed by atoms with van der Waals surface area (Å²) >= 11 is 0. The minimum atomic E-state index is -0.668. The van der Waals surface area contributed by atoms with Crippen LogP contribution in [0.1, 0.15) is 112 Å². The third-order valence-corrected chi connectivity index (χ3v) is 14.7. The Bertz CT molecular complexity index is 2600. The molecular formula is C53H67FN10O5. The van der Waals surface area contributed by atoms with Crippen LogP contribution in [-0.4, -0.2) is 130 Å². The highest BCUT2D eigenvalue weighted by molar-refractivity contribution is 6.01. The first kappa shape index (κ1) is 47.9. The molecule has 4 aromatic rings. The van der Waals surface area contributed by atoms with Gasteiger partial charge in [-0.25, -0.2) is 14.8 Å². The lowest BCUT2D eigenvalue weighted by molar-refractivity contribution is -0.133. The summed E-state index contributed by atoms with van der Waals surface area (Å²) in [4.78, 5) is 67.7. The first-order chi connectivity index (χ1) is 33.2. The number of amides is 4. The van der Waals surface area contributed by atoms with E-state index < -0.39 is 29.6 Å². The summed E-state index contributed by atoms with van der Waals surface area (Å²) in [5, 5.41) is 9.26. The number of aryl methyl sites for hydroxylation is 1. The monoisotopic (exact) mass is 943 g/mol. The fourth-order valence-electron chi connectivity index (χ4n) is 10.7. The van der Waals surface area contributed by atoms with Crippen molar-refractivity contribution in [3.63, 3.8) is 0 Å². The van der Waals surface area contributed by atoms with Gasteiger partial charge in [0.15, 0.2) is 0 Å². The van der Waals surface area contributed by atoms with Gasteiger partial charge in [0.2, 0.25) is 17.8 Å². The van der Waals surface area contributed by atoms with Crippen molar-refractivity contribution >= 4 is 51.9 Å². The molecule has 3 atom stereocenters. The maximum Gasteiger partial charge on any atom is 0.408 e. The van der Waals surface area contributed by atoms with E-state index in [0.717, 1.165) is 112 Å². The van der Waals surface area contributed by atoms with E-state index >= 15 is 0 Å². The van der Waals surface area contributed by atoms with Crippen molar-refractivity contribution < 1.29 is 28.3 Å². The van der Waals surface area contributed by atoms with Crippen molar-refractivity contribution in [2.45, 2.75) is 102 Å². The van der Waals surface area contributed by atoms with Gasteiger partial charge in [-0.05, 0) is 144 Å². The molecule has 4 aliphatic heterocycles. The number of carbonyl (C=O) groups is 4. The summed E-state index contributed by atoms with van der Waals surface area (Å²) in [6.45, 7) is 15.5. The van der Waals surface area contributed by atoms with E-state index in [9.17, 15) is 23.6 Å². The number of alkyl carbamates (subject to hydrolysis) is 1. The van der Waals surface area contributed by atoms with Crippen LogP contribution < -0.4 is 20.9 Å². The van der Waals surface area contributed by atoms with E-state index in [-0.39, 0.29) is 36.0 Å². The fraction of sp³-hybridized carbons (Fsp3) is 0.509. The number of nitrogens with one attached hydrogen (secondary N) is 3. The molecule has 5 aliphatic rings. The molecule has 16 heteroatoms. The van der Waals surface area contributed by atoms with E-state index in [4.69, 9.17) is 9.72 Å². The third kappa shape index (κ3) is 11.2. The number of fused-ring (bicyclic) bond motifs is 1. The Morgan fingerprint density at radius 2 is 1.67 bits per heavy atom. The van der Waals surface area contributed by atoms with Gasteiger partial charge in [-0.2, -0.15) is 4.39 Å².